The minimum absolute atomic E-state index is 0.102. The first-order valence-electron chi connectivity index (χ1n) is 9.11. The second-order valence-electron chi connectivity index (χ2n) is 7.22. The standard InChI is InChI=1S/C19H24F2O4S/c1-2-25-19(22)16(9-12-10-17(20)18(21)11-12)13-3-5-14(6-4-13)26(23,24)15-7-8-15/h3-6,12,15-18H,2,7-11H2,1H3. The molecule has 2 aliphatic rings. The molecule has 3 atom stereocenters. The number of benzene rings is 1. The highest BCUT2D eigenvalue weighted by molar-refractivity contribution is 7.92. The van der Waals surface area contributed by atoms with Crippen molar-refractivity contribution in [3.63, 3.8) is 0 Å². The molecule has 2 fully saturated rings. The monoisotopic (exact) mass is 386 g/mol. The Labute approximate surface area is 152 Å². The largest absolute Gasteiger partial charge is 0.466 e. The van der Waals surface area contributed by atoms with Gasteiger partial charge in [-0.3, -0.25) is 4.79 Å². The zero-order valence-corrected chi connectivity index (χ0v) is 15.6. The van der Waals surface area contributed by atoms with Crippen LogP contribution in [0, 0.1) is 5.92 Å². The number of halogens is 2. The maximum Gasteiger partial charge on any atom is 0.313 e. The number of alkyl halides is 2. The van der Waals surface area contributed by atoms with E-state index in [-0.39, 0.29) is 35.5 Å². The Bertz CT molecular complexity index is 733. The van der Waals surface area contributed by atoms with Crippen molar-refractivity contribution in [2.24, 2.45) is 5.92 Å². The number of carbonyl (C=O) groups excluding carboxylic acids is 1. The third kappa shape index (κ3) is 4.08. The van der Waals surface area contributed by atoms with Crippen LogP contribution < -0.4 is 0 Å². The van der Waals surface area contributed by atoms with Gasteiger partial charge in [0, 0.05) is 0 Å². The maximum atomic E-state index is 13.5. The molecule has 0 spiro atoms. The van der Waals surface area contributed by atoms with Crippen molar-refractivity contribution >= 4 is 15.8 Å². The van der Waals surface area contributed by atoms with Crippen LogP contribution in [0.25, 0.3) is 0 Å². The molecule has 4 nitrogen and oxygen atoms in total. The van der Waals surface area contributed by atoms with Gasteiger partial charge in [0.2, 0.25) is 0 Å². The summed E-state index contributed by atoms with van der Waals surface area (Å²) in [6.07, 6.45) is -1.08. The van der Waals surface area contributed by atoms with E-state index in [4.69, 9.17) is 4.74 Å². The van der Waals surface area contributed by atoms with Crippen LogP contribution in [0.3, 0.4) is 0 Å². The van der Waals surface area contributed by atoms with Crippen molar-refractivity contribution in [2.75, 3.05) is 6.61 Å². The molecule has 0 bridgehead atoms. The molecule has 3 unspecified atom stereocenters. The first-order chi connectivity index (χ1) is 12.3. The summed E-state index contributed by atoms with van der Waals surface area (Å²) in [5.74, 6) is -1.32. The highest BCUT2D eigenvalue weighted by atomic mass is 32.2. The Morgan fingerprint density at radius 2 is 1.73 bits per heavy atom. The quantitative estimate of drug-likeness (QED) is 0.670. The predicted octanol–water partition coefficient (Wildman–Crippen LogP) is 3.75. The lowest BCUT2D eigenvalue weighted by Gasteiger charge is -2.19. The molecule has 2 saturated carbocycles. The molecule has 2 aliphatic carbocycles. The summed E-state index contributed by atoms with van der Waals surface area (Å²) in [7, 11) is -3.29. The number of rotatable bonds is 7. The van der Waals surface area contributed by atoms with Crippen molar-refractivity contribution < 1.29 is 26.7 Å². The number of ether oxygens (including phenoxy) is 1. The molecule has 7 heteroatoms. The van der Waals surface area contributed by atoms with Crippen LogP contribution in [-0.4, -0.2) is 38.6 Å². The molecule has 0 aromatic heterocycles. The topological polar surface area (TPSA) is 60.4 Å². The Morgan fingerprint density at radius 1 is 1.15 bits per heavy atom. The molecule has 26 heavy (non-hydrogen) atoms. The molecule has 0 amide bonds. The van der Waals surface area contributed by atoms with Gasteiger partial charge in [0.15, 0.2) is 9.84 Å². The second kappa shape index (κ2) is 7.62. The van der Waals surface area contributed by atoms with Crippen LogP contribution in [0.1, 0.15) is 50.5 Å². The SMILES string of the molecule is CCOC(=O)C(CC1CC(F)C(F)C1)c1ccc(S(=O)(=O)C2CC2)cc1. The highest BCUT2D eigenvalue weighted by Crippen LogP contribution is 2.39. The summed E-state index contributed by atoms with van der Waals surface area (Å²) < 4.78 is 56.7. The fourth-order valence-corrected chi connectivity index (χ4v) is 5.28. The molecule has 0 saturated heterocycles. The lowest BCUT2D eigenvalue weighted by Crippen LogP contribution is -2.19. The molecule has 3 rings (SSSR count). The van der Waals surface area contributed by atoms with Gasteiger partial charge < -0.3 is 4.74 Å². The summed E-state index contributed by atoms with van der Waals surface area (Å²) in [5, 5.41) is -0.296. The van der Waals surface area contributed by atoms with E-state index in [0.29, 0.717) is 24.8 Å². The van der Waals surface area contributed by atoms with Crippen molar-refractivity contribution in [3.8, 4) is 0 Å². The number of hydrogen-bond donors (Lipinski definition) is 0. The molecule has 0 N–H and O–H groups in total. The van der Waals surface area contributed by atoms with Crippen LogP contribution in [0.4, 0.5) is 8.78 Å². The van der Waals surface area contributed by atoms with Crippen LogP contribution in [0.5, 0.6) is 0 Å². The van der Waals surface area contributed by atoms with Gasteiger partial charge >= 0.3 is 5.97 Å². The maximum absolute atomic E-state index is 13.5. The first-order valence-corrected chi connectivity index (χ1v) is 10.7. The smallest absolute Gasteiger partial charge is 0.313 e. The summed E-state index contributed by atoms with van der Waals surface area (Å²) in [6.45, 7) is 1.91. The van der Waals surface area contributed by atoms with Crippen molar-refractivity contribution in [1.82, 2.24) is 0 Å². The van der Waals surface area contributed by atoms with Gasteiger partial charge in [-0.15, -0.1) is 0 Å². The molecular formula is C19H24F2O4S. The second-order valence-corrected chi connectivity index (χ2v) is 9.45. The number of hydrogen-bond acceptors (Lipinski definition) is 4. The van der Waals surface area contributed by atoms with Gasteiger partial charge in [0.1, 0.15) is 12.3 Å². The van der Waals surface area contributed by atoms with E-state index in [1.54, 1.807) is 19.1 Å². The summed E-state index contributed by atoms with van der Waals surface area (Å²) in [6, 6.07) is 6.26. The minimum Gasteiger partial charge on any atom is -0.466 e. The van der Waals surface area contributed by atoms with E-state index in [1.165, 1.54) is 12.1 Å². The van der Waals surface area contributed by atoms with Crippen molar-refractivity contribution in [3.05, 3.63) is 29.8 Å². The van der Waals surface area contributed by atoms with E-state index in [2.05, 4.69) is 0 Å². The third-order valence-corrected chi connectivity index (χ3v) is 7.50. The van der Waals surface area contributed by atoms with Gasteiger partial charge in [-0.2, -0.15) is 0 Å². The average Bonchev–Trinajstić information content (AvgIpc) is 3.41. The van der Waals surface area contributed by atoms with Gasteiger partial charge in [-0.1, -0.05) is 12.1 Å². The van der Waals surface area contributed by atoms with E-state index in [0.717, 1.165) is 0 Å². The molecular weight excluding hydrogens is 362 g/mol. The van der Waals surface area contributed by atoms with Crippen molar-refractivity contribution in [1.29, 1.82) is 0 Å². The molecule has 0 radical (unpaired) electrons. The lowest BCUT2D eigenvalue weighted by atomic mass is 9.88. The van der Waals surface area contributed by atoms with Crippen LogP contribution in [0.15, 0.2) is 29.2 Å². The predicted molar refractivity (Wildman–Crippen MR) is 93.2 cm³/mol. The van der Waals surface area contributed by atoms with Gasteiger partial charge in [0.25, 0.3) is 0 Å². The average molecular weight is 386 g/mol. The van der Waals surface area contributed by atoms with Crippen molar-refractivity contribution in [2.45, 2.75) is 67.4 Å². The Morgan fingerprint density at radius 3 is 2.23 bits per heavy atom. The number of sulfone groups is 1. The van der Waals surface area contributed by atoms with Gasteiger partial charge in [-0.05, 0) is 62.6 Å². The van der Waals surface area contributed by atoms with E-state index in [9.17, 15) is 22.0 Å². The molecule has 0 heterocycles. The third-order valence-electron chi connectivity index (χ3n) is 5.22. The Kier molecular flexibility index (Phi) is 5.65. The van der Waals surface area contributed by atoms with Crippen LogP contribution in [-0.2, 0) is 19.4 Å². The normalized spacial score (nSPS) is 27.3. The van der Waals surface area contributed by atoms with Crippen LogP contribution >= 0.6 is 0 Å². The number of carbonyl (C=O) groups is 1. The fourth-order valence-electron chi connectivity index (χ4n) is 3.63. The zero-order chi connectivity index (χ0) is 18.9. The van der Waals surface area contributed by atoms with E-state index in [1.807, 2.05) is 0 Å². The highest BCUT2D eigenvalue weighted by Gasteiger charge is 2.39. The first kappa shape index (κ1) is 19.3. The lowest BCUT2D eigenvalue weighted by molar-refractivity contribution is -0.145. The summed E-state index contributed by atoms with van der Waals surface area (Å²) >= 11 is 0. The number of esters is 1. The Hall–Kier alpha value is -1.50. The summed E-state index contributed by atoms with van der Waals surface area (Å²) in [4.78, 5) is 12.6. The van der Waals surface area contributed by atoms with Gasteiger partial charge in [-0.25, -0.2) is 17.2 Å². The zero-order valence-electron chi connectivity index (χ0n) is 14.7. The van der Waals surface area contributed by atoms with Gasteiger partial charge in [0.05, 0.1) is 22.7 Å². The molecule has 0 aliphatic heterocycles. The van der Waals surface area contributed by atoms with E-state index < -0.39 is 34.1 Å². The fraction of sp³-hybridized carbons (Fsp3) is 0.632. The van der Waals surface area contributed by atoms with Crippen LogP contribution in [0.2, 0.25) is 0 Å². The summed E-state index contributed by atoms with van der Waals surface area (Å²) in [5.41, 5.74) is 0.621. The molecule has 144 valence electrons. The molecule has 1 aromatic rings. The molecule has 1 aromatic carbocycles. The minimum atomic E-state index is -3.29. The van der Waals surface area contributed by atoms with E-state index >= 15 is 0 Å². The Balaban J connectivity index is 1.79.